The van der Waals surface area contributed by atoms with Crippen LogP contribution in [0.2, 0.25) is 0 Å². The van der Waals surface area contributed by atoms with E-state index in [2.05, 4.69) is 4.37 Å². The molecule has 0 unspecified atom stereocenters. The van der Waals surface area contributed by atoms with Gasteiger partial charge in [-0.2, -0.15) is 4.37 Å². The Kier molecular flexibility index (Phi) is 2.16. The maximum Gasteiger partial charge on any atom is 0.308 e. The van der Waals surface area contributed by atoms with Crippen LogP contribution in [0, 0.1) is 17.0 Å². The van der Waals surface area contributed by atoms with E-state index in [0.29, 0.717) is 10.6 Å². The van der Waals surface area contributed by atoms with Gasteiger partial charge in [0.2, 0.25) is 0 Å². The van der Waals surface area contributed by atoms with E-state index < -0.39 is 4.92 Å². The molecule has 0 bridgehead atoms. The van der Waals surface area contributed by atoms with E-state index in [4.69, 9.17) is 5.11 Å². The molecule has 0 saturated heterocycles. The fourth-order valence-corrected chi connectivity index (χ4v) is 1.45. The molecule has 0 aliphatic heterocycles. The zero-order valence-electron chi connectivity index (χ0n) is 5.77. The summed E-state index contributed by atoms with van der Waals surface area (Å²) in [5.74, 6) is 0. The lowest BCUT2D eigenvalue weighted by Crippen LogP contribution is -1.92. The maximum atomic E-state index is 10.3. The van der Waals surface area contributed by atoms with Gasteiger partial charge >= 0.3 is 5.69 Å². The second-order valence-corrected chi connectivity index (χ2v) is 2.81. The third-order valence-electron chi connectivity index (χ3n) is 1.23. The summed E-state index contributed by atoms with van der Waals surface area (Å²) in [6.07, 6.45) is 0. The van der Waals surface area contributed by atoms with E-state index in [-0.39, 0.29) is 12.3 Å². The number of aromatic nitrogens is 1. The average molecular weight is 174 g/mol. The van der Waals surface area contributed by atoms with Crippen molar-refractivity contribution in [3.05, 3.63) is 20.7 Å². The van der Waals surface area contributed by atoms with E-state index in [1.54, 1.807) is 6.92 Å². The van der Waals surface area contributed by atoms with Gasteiger partial charge in [-0.15, -0.1) is 0 Å². The number of hydrogen-bond donors (Lipinski definition) is 1. The van der Waals surface area contributed by atoms with Gasteiger partial charge in [-0.1, -0.05) is 0 Å². The molecule has 6 heteroatoms. The minimum absolute atomic E-state index is 0.0579. The molecule has 1 rings (SSSR count). The Morgan fingerprint density at radius 3 is 2.82 bits per heavy atom. The van der Waals surface area contributed by atoms with Crippen molar-refractivity contribution in [1.82, 2.24) is 4.37 Å². The molecule has 60 valence electrons. The fourth-order valence-electron chi connectivity index (χ4n) is 0.749. The van der Waals surface area contributed by atoms with Gasteiger partial charge in [-0.3, -0.25) is 10.1 Å². The SMILES string of the molecule is Cc1nsc(CO)c1[N+](=O)[O-]. The van der Waals surface area contributed by atoms with Crippen LogP contribution in [-0.4, -0.2) is 14.4 Å². The third-order valence-corrected chi connectivity index (χ3v) is 2.13. The molecule has 0 amide bonds. The summed E-state index contributed by atoms with van der Waals surface area (Å²) < 4.78 is 3.75. The average Bonchev–Trinajstić information content (AvgIpc) is 2.30. The molecular formula is C5H6N2O3S. The number of aliphatic hydroxyl groups is 1. The summed E-state index contributed by atoms with van der Waals surface area (Å²) in [5.41, 5.74) is 0.307. The number of aliphatic hydroxyl groups excluding tert-OH is 1. The summed E-state index contributed by atoms with van der Waals surface area (Å²) in [6.45, 7) is 1.23. The number of rotatable bonds is 2. The van der Waals surface area contributed by atoms with Gasteiger partial charge in [0.15, 0.2) is 0 Å². The molecule has 11 heavy (non-hydrogen) atoms. The summed E-state index contributed by atoms with van der Waals surface area (Å²) in [4.78, 5) is 10.1. The van der Waals surface area contributed by atoms with Crippen molar-refractivity contribution < 1.29 is 10.0 Å². The molecule has 0 aliphatic carbocycles. The predicted octanol–water partition coefficient (Wildman–Crippen LogP) is 0.852. The second-order valence-electron chi connectivity index (χ2n) is 1.95. The monoisotopic (exact) mass is 174 g/mol. The summed E-state index contributed by atoms with van der Waals surface area (Å²) >= 11 is 0.963. The zero-order valence-corrected chi connectivity index (χ0v) is 6.59. The summed E-state index contributed by atoms with van der Waals surface area (Å²) in [5, 5.41) is 19.0. The second kappa shape index (κ2) is 2.93. The Hall–Kier alpha value is -1.01. The molecular weight excluding hydrogens is 168 g/mol. The fraction of sp³-hybridized carbons (Fsp3) is 0.400. The smallest absolute Gasteiger partial charge is 0.308 e. The van der Waals surface area contributed by atoms with Gasteiger partial charge in [0.25, 0.3) is 0 Å². The molecule has 1 aromatic rings. The highest BCUT2D eigenvalue weighted by atomic mass is 32.1. The van der Waals surface area contributed by atoms with E-state index in [0.717, 1.165) is 11.5 Å². The minimum atomic E-state index is -0.523. The van der Waals surface area contributed by atoms with Crippen molar-refractivity contribution in [3.8, 4) is 0 Å². The lowest BCUT2D eigenvalue weighted by atomic mass is 10.3. The van der Waals surface area contributed by atoms with Gasteiger partial charge in [-0.05, 0) is 18.5 Å². The van der Waals surface area contributed by atoms with Crippen molar-refractivity contribution in [2.75, 3.05) is 0 Å². The van der Waals surface area contributed by atoms with Crippen LogP contribution in [0.1, 0.15) is 10.6 Å². The van der Waals surface area contributed by atoms with Crippen LogP contribution in [-0.2, 0) is 6.61 Å². The molecule has 0 spiro atoms. The predicted molar refractivity (Wildman–Crippen MR) is 39.4 cm³/mol. The van der Waals surface area contributed by atoms with E-state index in [9.17, 15) is 10.1 Å². The molecule has 0 fully saturated rings. The molecule has 1 N–H and O–H groups in total. The molecule has 0 aromatic carbocycles. The summed E-state index contributed by atoms with van der Waals surface area (Å²) in [7, 11) is 0. The Morgan fingerprint density at radius 1 is 1.82 bits per heavy atom. The lowest BCUT2D eigenvalue weighted by molar-refractivity contribution is -0.386. The number of aryl methyl sites for hydroxylation is 1. The molecule has 1 heterocycles. The Morgan fingerprint density at radius 2 is 2.45 bits per heavy atom. The Bertz CT molecular complexity index is 283. The first-order valence-corrected chi connectivity index (χ1v) is 3.64. The topological polar surface area (TPSA) is 76.3 Å². The first-order chi connectivity index (χ1) is 5.16. The third kappa shape index (κ3) is 1.36. The van der Waals surface area contributed by atoms with Crippen molar-refractivity contribution in [2.24, 2.45) is 0 Å². The van der Waals surface area contributed by atoms with Crippen molar-refractivity contribution in [3.63, 3.8) is 0 Å². The van der Waals surface area contributed by atoms with E-state index >= 15 is 0 Å². The summed E-state index contributed by atoms with van der Waals surface area (Å²) in [6, 6.07) is 0. The molecule has 0 radical (unpaired) electrons. The van der Waals surface area contributed by atoms with Crippen molar-refractivity contribution in [2.45, 2.75) is 13.5 Å². The van der Waals surface area contributed by atoms with Gasteiger partial charge in [0.1, 0.15) is 10.6 Å². The van der Waals surface area contributed by atoms with Gasteiger partial charge in [0.05, 0.1) is 11.5 Å². The number of nitrogens with zero attached hydrogens (tertiary/aromatic N) is 2. The highest BCUT2D eigenvalue weighted by Gasteiger charge is 2.20. The largest absolute Gasteiger partial charge is 0.391 e. The standard InChI is InChI=1S/C5H6N2O3S/c1-3-5(7(9)10)4(2-8)11-6-3/h8H,2H2,1H3. The number of nitro groups is 1. The van der Waals surface area contributed by atoms with Crippen LogP contribution in [0.3, 0.4) is 0 Å². The molecule has 1 aromatic heterocycles. The minimum Gasteiger partial charge on any atom is -0.391 e. The molecule has 0 aliphatic rings. The first-order valence-electron chi connectivity index (χ1n) is 2.87. The Labute approximate surface area is 66.6 Å². The molecule has 0 atom stereocenters. The van der Waals surface area contributed by atoms with Gasteiger partial charge in [-0.25, -0.2) is 0 Å². The van der Waals surface area contributed by atoms with Crippen LogP contribution in [0.5, 0.6) is 0 Å². The van der Waals surface area contributed by atoms with Gasteiger partial charge < -0.3 is 5.11 Å². The van der Waals surface area contributed by atoms with E-state index in [1.165, 1.54) is 0 Å². The van der Waals surface area contributed by atoms with Crippen LogP contribution in [0.4, 0.5) is 5.69 Å². The van der Waals surface area contributed by atoms with Crippen LogP contribution >= 0.6 is 11.5 Å². The van der Waals surface area contributed by atoms with Crippen LogP contribution in [0.25, 0.3) is 0 Å². The Balaban J connectivity index is 3.17. The quantitative estimate of drug-likeness (QED) is 0.532. The number of hydrogen-bond acceptors (Lipinski definition) is 5. The van der Waals surface area contributed by atoms with Gasteiger partial charge in [0, 0.05) is 0 Å². The zero-order chi connectivity index (χ0) is 8.43. The lowest BCUT2D eigenvalue weighted by Gasteiger charge is -1.88. The maximum absolute atomic E-state index is 10.3. The van der Waals surface area contributed by atoms with Crippen LogP contribution in [0.15, 0.2) is 0 Å². The van der Waals surface area contributed by atoms with Crippen molar-refractivity contribution >= 4 is 17.2 Å². The molecule has 0 saturated carbocycles. The first kappa shape index (κ1) is 8.09. The molecule has 5 nitrogen and oxygen atoms in total. The highest BCUT2D eigenvalue weighted by molar-refractivity contribution is 7.06. The van der Waals surface area contributed by atoms with E-state index in [1.807, 2.05) is 0 Å². The highest BCUT2D eigenvalue weighted by Crippen LogP contribution is 2.25. The van der Waals surface area contributed by atoms with Crippen LogP contribution < -0.4 is 0 Å². The van der Waals surface area contributed by atoms with Crippen molar-refractivity contribution in [1.29, 1.82) is 0 Å². The normalized spacial score (nSPS) is 10.0.